The van der Waals surface area contributed by atoms with Gasteiger partial charge in [0.25, 0.3) is 0 Å². The van der Waals surface area contributed by atoms with Crippen LogP contribution in [-0.4, -0.2) is 16.1 Å². The third-order valence-electron chi connectivity index (χ3n) is 3.06. The lowest BCUT2D eigenvalue weighted by Crippen LogP contribution is -2.18. The zero-order valence-electron chi connectivity index (χ0n) is 11.4. The number of benzene rings is 1. The molecule has 0 unspecified atom stereocenters. The second-order valence-corrected chi connectivity index (χ2v) is 4.73. The van der Waals surface area contributed by atoms with Gasteiger partial charge in [0.1, 0.15) is 11.6 Å². The van der Waals surface area contributed by atoms with E-state index in [-0.39, 0.29) is 12.1 Å². The van der Waals surface area contributed by atoms with Crippen LogP contribution in [0.2, 0.25) is 0 Å². The first-order valence-corrected chi connectivity index (χ1v) is 6.40. The molecule has 114 valence electrons. The van der Waals surface area contributed by atoms with E-state index < -0.39 is 17.6 Å². The van der Waals surface area contributed by atoms with Crippen molar-refractivity contribution in [1.82, 2.24) is 14.9 Å². The van der Waals surface area contributed by atoms with Gasteiger partial charge in [0.2, 0.25) is 0 Å². The van der Waals surface area contributed by atoms with Gasteiger partial charge in [-0.25, -0.2) is 9.37 Å². The zero-order chi connectivity index (χ0) is 15.5. The number of hydrogen-bond acceptors (Lipinski definition) is 2. The number of alkyl halides is 3. The van der Waals surface area contributed by atoms with Gasteiger partial charge < -0.3 is 9.88 Å². The van der Waals surface area contributed by atoms with Crippen molar-refractivity contribution in [2.45, 2.75) is 19.1 Å². The fourth-order valence-electron chi connectivity index (χ4n) is 1.99. The van der Waals surface area contributed by atoms with E-state index in [1.807, 2.05) is 17.8 Å². The summed E-state index contributed by atoms with van der Waals surface area (Å²) in [6.45, 7) is 0.716. The lowest BCUT2D eigenvalue weighted by molar-refractivity contribution is -0.137. The molecule has 1 N–H and O–H groups in total. The highest BCUT2D eigenvalue weighted by Crippen LogP contribution is 2.30. The first-order chi connectivity index (χ1) is 9.86. The molecular weight excluding hydrogens is 286 g/mol. The Bertz CT molecular complexity index is 605. The quantitative estimate of drug-likeness (QED) is 0.680. The molecule has 0 atom stereocenters. The first-order valence-electron chi connectivity index (χ1n) is 6.40. The van der Waals surface area contributed by atoms with Gasteiger partial charge in [-0.1, -0.05) is 0 Å². The van der Waals surface area contributed by atoms with Gasteiger partial charge in [-0.3, -0.25) is 0 Å². The van der Waals surface area contributed by atoms with Crippen LogP contribution >= 0.6 is 0 Å². The molecule has 0 spiro atoms. The Labute approximate surface area is 119 Å². The van der Waals surface area contributed by atoms with E-state index in [1.54, 1.807) is 6.20 Å². The molecule has 0 saturated heterocycles. The van der Waals surface area contributed by atoms with Crippen LogP contribution in [0.15, 0.2) is 30.6 Å². The SMILES string of the molecule is Cn1ccnc1CCNCc1cc(F)cc(C(F)(F)F)c1. The topological polar surface area (TPSA) is 29.9 Å². The minimum absolute atomic E-state index is 0.172. The Morgan fingerprint density at radius 3 is 2.62 bits per heavy atom. The highest BCUT2D eigenvalue weighted by atomic mass is 19.4. The lowest BCUT2D eigenvalue weighted by atomic mass is 10.1. The number of imidazole rings is 1. The maximum atomic E-state index is 13.2. The number of aryl methyl sites for hydroxylation is 1. The lowest BCUT2D eigenvalue weighted by Gasteiger charge is -2.10. The summed E-state index contributed by atoms with van der Waals surface area (Å²) < 4.78 is 52.8. The molecule has 0 saturated carbocycles. The average Bonchev–Trinajstić information content (AvgIpc) is 2.79. The third kappa shape index (κ3) is 4.29. The number of nitrogens with one attached hydrogen (secondary N) is 1. The largest absolute Gasteiger partial charge is 0.416 e. The second-order valence-electron chi connectivity index (χ2n) is 4.73. The highest BCUT2D eigenvalue weighted by Gasteiger charge is 2.31. The maximum absolute atomic E-state index is 13.2. The molecule has 1 heterocycles. The molecule has 0 amide bonds. The van der Waals surface area contributed by atoms with Crippen LogP contribution in [0.4, 0.5) is 17.6 Å². The zero-order valence-corrected chi connectivity index (χ0v) is 11.4. The number of rotatable bonds is 5. The van der Waals surface area contributed by atoms with Gasteiger partial charge in [-0.05, 0) is 23.8 Å². The Kier molecular flexibility index (Phi) is 4.62. The maximum Gasteiger partial charge on any atom is 0.416 e. The summed E-state index contributed by atoms with van der Waals surface area (Å²) in [5, 5.41) is 2.99. The van der Waals surface area contributed by atoms with Crippen LogP contribution in [-0.2, 0) is 26.2 Å². The normalized spacial score (nSPS) is 11.9. The summed E-state index contributed by atoms with van der Waals surface area (Å²) in [5.41, 5.74) is -0.703. The molecule has 2 rings (SSSR count). The van der Waals surface area contributed by atoms with Crippen molar-refractivity contribution < 1.29 is 17.6 Å². The van der Waals surface area contributed by atoms with Crippen LogP contribution in [0.25, 0.3) is 0 Å². The van der Waals surface area contributed by atoms with Gasteiger partial charge in [0.15, 0.2) is 0 Å². The average molecular weight is 301 g/mol. The van der Waals surface area contributed by atoms with Crippen molar-refractivity contribution in [3.8, 4) is 0 Å². The molecular formula is C14H15F4N3. The standard InChI is InChI=1S/C14H15F4N3/c1-21-5-4-20-13(21)2-3-19-9-10-6-11(14(16,17)18)8-12(15)7-10/h4-8,19H,2-3,9H2,1H3. The summed E-state index contributed by atoms with van der Waals surface area (Å²) in [4.78, 5) is 4.14. The Hall–Kier alpha value is -1.89. The Morgan fingerprint density at radius 2 is 2.00 bits per heavy atom. The van der Waals surface area contributed by atoms with Crippen molar-refractivity contribution in [2.75, 3.05) is 6.54 Å². The molecule has 1 aromatic carbocycles. The summed E-state index contributed by atoms with van der Waals surface area (Å²) in [6.07, 6.45) is -0.399. The summed E-state index contributed by atoms with van der Waals surface area (Å²) in [6, 6.07) is 2.55. The van der Waals surface area contributed by atoms with Crippen molar-refractivity contribution in [3.63, 3.8) is 0 Å². The molecule has 0 aliphatic rings. The Balaban J connectivity index is 1.91. The summed E-state index contributed by atoms with van der Waals surface area (Å²) in [5.74, 6) is -0.0107. The number of hydrogen-bond donors (Lipinski definition) is 1. The molecule has 0 aliphatic carbocycles. The van der Waals surface area contributed by atoms with Gasteiger partial charge in [-0.2, -0.15) is 13.2 Å². The van der Waals surface area contributed by atoms with Crippen molar-refractivity contribution >= 4 is 0 Å². The fourth-order valence-corrected chi connectivity index (χ4v) is 1.99. The fraction of sp³-hybridized carbons (Fsp3) is 0.357. The van der Waals surface area contributed by atoms with Crippen LogP contribution in [0.1, 0.15) is 17.0 Å². The van der Waals surface area contributed by atoms with E-state index in [0.717, 1.165) is 18.0 Å². The van der Waals surface area contributed by atoms with E-state index in [0.29, 0.717) is 19.0 Å². The van der Waals surface area contributed by atoms with Crippen LogP contribution in [0.3, 0.4) is 0 Å². The molecule has 3 nitrogen and oxygen atoms in total. The smallest absolute Gasteiger partial charge is 0.338 e. The van der Waals surface area contributed by atoms with Gasteiger partial charge >= 0.3 is 6.18 Å². The number of halogens is 4. The van der Waals surface area contributed by atoms with Crippen LogP contribution < -0.4 is 5.32 Å². The second kappa shape index (κ2) is 6.26. The van der Waals surface area contributed by atoms with Crippen molar-refractivity contribution in [3.05, 3.63) is 53.4 Å². The van der Waals surface area contributed by atoms with E-state index in [9.17, 15) is 17.6 Å². The van der Waals surface area contributed by atoms with E-state index in [4.69, 9.17) is 0 Å². The summed E-state index contributed by atoms with van der Waals surface area (Å²) >= 11 is 0. The molecule has 21 heavy (non-hydrogen) atoms. The number of aromatic nitrogens is 2. The number of nitrogens with zero attached hydrogens (tertiary/aromatic N) is 2. The molecule has 1 aromatic heterocycles. The van der Waals surface area contributed by atoms with Gasteiger partial charge in [0, 0.05) is 39.0 Å². The molecule has 0 bridgehead atoms. The molecule has 0 fully saturated rings. The van der Waals surface area contributed by atoms with Crippen molar-refractivity contribution in [2.24, 2.45) is 7.05 Å². The molecule has 0 aliphatic heterocycles. The molecule has 7 heteroatoms. The summed E-state index contributed by atoms with van der Waals surface area (Å²) in [7, 11) is 1.87. The van der Waals surface area contributed by atoms with Crippen LogP contribution in [0, 0.1) is 5.82 Å². The Morgan fingerprint density at radius 1 is 1.24 bits per heavy atom. The molecule has 2 aromatic rings. The third-order valence-corrected chi connectivity index (χ3v) is 3.06. The van der Waals surface area contributed by atoms with Crippen LogP contribution in [0.5, 0.6) is 0 Å². The molecule has 0 radical (unpaired) electrons. The van der Waals surface area contributed by atoms with E-state index in [2.05, 4.69) is 10.3 Å². The van der Waals surface area contributed by atoms with Crippen molar-refractivity contribution in [1.29, 1.82) is 0 Å². The van der Waals surface area contributed by atoms with Gasteiger partial charge in [0.05, 0.1) is 5.56 Å². The predicted molar refractivity (Wildman–Crippen MR) is 70.0 cm³/mol. The minimum Gasteiger partial charge on any atom is -0.338 e. The van der Waals surface area contributed by atoms with Gasteiger partial charge in [-0.15, -0.1) is 0 Å². The highest BCUT2D eigenvalue weighted by molar-refractivity contribution is 5.26. The monoisotopic (exact) mass is 301 g/mol. The minimum atomic E-state index is -4.54. The first kappa shape index (κ1) is 15.5. The van der Waals surface area contributed by atoms with E-state index >= 15 is 0 Å². The van der Waals surface area contributed by atoms with E-state index in [1.165, 1.54) is 0 Å². The predicted octanol–water partition coefficient (Wildman–Crippen LogP) is 2.91.